The number of benzene rings is 2. The van der Waals surface area contributed by atoms with Crippen LogP contribution in [0.2, 0.25) is 15.1 Å². The molecule has 0 aliphatic carbocycles. The highest BCUT2D eigenvalue weighted by Gasteiger charge is 2.08. The van der Waals surface area contributed by atoms with Gasteiger partial charge in [0.15, 0.2) is 0 Å². The van der Waals surface area contributed by atoms with E-state index in [0.29, 0.717) is 32.1 Å². The summed E-state index contributed by atoms with van der Waals surface area (Å²) in [4.78, 5) is 23.1. The van der Waals surface area contributed by atoms with E-state index >= 15 is 0 Å². The predicted molar refractivity (Wildman–Crippen MR) is 99.3 cm³/mol. The van der Waals surface area contributed by atoms with Gasteiger partial charge in [-0.1, -0.05) is 40.9 Å². The molecule has 2 aromatic carbocycles. The zero-order valence-electron chi connectivity index (χ0n) is 12.6. The minimum atomic E-state index is -0.280. The van der Waals surface area contributed by atoms with Crippen LogP contribution in [0.4, 0.5) is 17.1 Å². The van der Waals surface area contributed by atoms with Gasteiger partial charge in [-0.15, -0.1) is 0 Å². The second kappa shape index (κ2) is 8.24. The molecule has 0 aliphatic rings. The third kappa shape index (κ3) is 5.30. The molecule has 5 nitrogen and oxygen atoms in total. The molecule has 24 heavy (non-hydrogen) atoms. The van der Waals surface area contributed by atoms with Gasteiger partial charge in [0.25, 0.3) is 0 Å². The van der Waals surface area contributed by atoms with E-state index in [9.17, 15) is 9.59 Å². The fourth-order valence-electron chi connectivity index (χ4n) is 1.92. The lowest BCUT2D eigenvalue weighted by Crippen LogP contribution is -2.22. The van der Waals surface area contributed by atoms with Crippen LogP contribution in [0.15, 0.2) is 36.4 Å². The van der Waals surface area contributed by atoms with E-state index in [-0.39, 0.29) is 18.4 Å². The second-order valence-electron chi connectivity index (χ2n) is 4.91. The number of nitrogens with one attached hydrogen (secondary N) is 3. The van der Waals surface area contributed by atoms with E-state index in [1.807, 2.05) is 0 Å². The highest BCUT2D eigenvalue weighted by molar-refractivity contribution is 6.44. The summed E-state index contributed by atoms with van der Waals surface area (Å²) in [6.45, 7) is 1.40. The number of amides is 2. The summed E-state index contributed by atoms with van der Waals surface area (Å²) in [6.07, 6.45) is 0. The maximum absolute atomic E-state index is 12.0. The number of carbonyl (C=O) groups excluding carboxylic acids is 2. The Hall–Kier alpha value is -1.95. The van der Waals surface area contributed by atoms with Gasteiger partial charge in [-0.25, -0.2) is 0 Å². The third-order valence-corrected chi connectivity index (χ3v) is 3.95. The lowest BCUT2D eigenvalue weighted by atomic mass is 10.2. The largest absolute Gasteiger partial charge is 0.375 e. The molecule has 2 aromatic rings. The average molecular weight is 387 g/mol. The molecule has 0 fully saturated rings. The fourth-order valence-corrected chi connectivity index (χ4v) is 2.53. The standard InChI is InChI=1S/C16H14Cl3N3O2/c1-9(23)21-10-3-2-4-11(5-10)22-16(24)8-20-15-7-13(18)12(17)6-14(15)19/h2-7,20H,8H2,1H3,(H,21,23)(H,22,24). The van der Waals surface area contributed by atoms with Crippen LogP contribution in [0.5, 0.6) is 0 Å². The van der Waals surface area contributed by atoms with Crippen molar-refractivity contribution in [3.8, 4) is 0 Å². The van der Waals surface area contributed by atoms with Crippen molar-refractivity contribution in [2.24, 2.45) is 0 Å². The summed E-state index contributed by atoms with van der Waals surface area (Å²) in [6, 6.07) is 9.88. The highest BCUT2D eigenvalue weighted by Crippen LogP contribution is 2.32. The van der Waals surface area contributed by atoms with E-state index in [1.54, 1.807) is 30.3 Å². The number of hydrogen-bond donors (Lipinski definition) is 3. The number of rotatable bonds is 5. The highest BCUT2D eigenvalue weighted by atomic mass is 35.5. The van der Waals surface area contributed by atoms with Gasteiger partial charge in [0, 0.05) is 18.3 Å². The molecular formula is C16H14Cl3N3O2. The van der Waals surface area contributed by atoms with Crippen LogP contribution in [0.3, 0.4) is 0 Å². The normalized spacial score (nSPS) is 10.2. The Labute approximate surface area is 154 Å². The fraction of sp³-hybridized carbons (Fsp3) is 0.125. The summed E-state index contributed by atoms with van der Waals surface area (Å²) in [5.41, 5.74) is 1.67. The molecule has 0 saturated heterocycles. The Bertz CT molecular complexity index is 781. The molecule has 126 valence electrons. The van der Waals surface area contributed by atoms with E-state index < -0.39 is 0 Å². The first-order valence-electron chi connectivity index (χ1n) is 6.91. The first-order chi connectivity index (χ1) is 11.3. The SMILES string of the molecule is CC(=O)Nc1cccc(NC(=O)CNc2cc(Cl)c(Cl)cc2Cl)c1. The maximum Gasteiger partial charge on any atom is 0.243 e. The number of hydrogen-bond acceptors (Lipinski definition) is 3. The van der Waals surface area contributed by atoms with Gasteiger partial charge in [-0.3, -0.25) is 9.59 Å². The number of anilines is 3. The Morgan fingerprint density at radius 2 is 1.54 bits per heavy atom. The van der Waals surface area contributed by atoms with Crippen molar-refractivity contribution in [2.75, 3.05) is 22.5 Å². The Balaban J connectivity index is 1.96. The van der Waals surface area contributed by atoms with Crippen molar-refractivity contribution >= 4 is 63.7 Å². The van der Waals surface area contributed by atoms with Gasteiger partial charge in [0.1, 0.15) is 0 Å². The van der Waals surface area contributed by atoms with Crippen LogP contribution >= 0.6 is 34.8 Å². The number of halogens is 3. The van der Waals surface area contributed by atoms with Crippen molar-refractivity contribution in [3.63, 3.8) is 0 Å². The van der Waals surface area contributed by atoms with Crippen LogP contribution in [-0.2, 0) is 9.59 Å². The zero-order chi connectivity index (χ0) is 17.7. The molecule has 0 radical (unpaired) electrons. The average Bonchev–Trinajstić information content (AvgIpc) is 2.49. The molecule has 0 saturated carbocycles. The van der Waals surface area contributed by atoms with E-state index in [2.05, 4.69) is 16.0 Å². The Kier molecular flexibility index (Phi) is 6.31. The quantitative estimate of drug-likeness (QED) is 0.655. The summed E-state index contributed by atoms with van der Waals surface area (Å²) < 4.78 is 0. The summed E-state index contributed by atoms with van der Waals surface area (Å²) in [5, 5.41) is 9.30. The minimum absolute atomic E-state index is 0.0119. The molecule has 0 heterocycles. The van der Waals surface area contributed by atoms with Crippen molar-refractivity contribution in [1.82, 2.24) is 0 Å². The van der Waals surface area contributed by atoms with Crippen LogP contribution < -0.4 is 16.0 Å². The summed E-state index contributed by atoms with van der Waals surface area (Å²) >= 11 is 17.8. The molecule has 2 amide bonds. The summed E-state index contributed by atoms with van der Waals surface area (Å²) in [5.74, 6) is -0.466. The van der Waals surface area contributed by atoms with Crippen molar-refractivity contribution in [2.45, 2.75) is 6.92 Å². The van der Waals surface area contributed by atoms with Crippen LogP contribution in [0, 0.1) is 0 Å². The van der Waals surface area contributed by atoms with E-state index in [1.165, 1.54) is 13.0 Å². The lowest BCUT2D eigenvalue weighted by Gasteiger charge is -2.11. The molecule has 0 spiro atoms. The topological polar surface area (TPSA) is 70.2 Å². The van der Waals surface area contributed by atoms with Crippen LogP contribution in [0.1, 0.15) is 6.92 Å². The first-order valence-corrected chi connectivity index (χ1v) is 8.04. The number of carbonyl (C=O) groups is 2. The molecule has 0 aromatic heterocycles. The Morgan fingerprint density at radius 1 is 0.917 bits per heavy atom. The maximum atomic E-state index is 12.0. The van der Waals surface area contributed by atoms with E-state index in [0.717, 1.165) is 0 Å². The van der Waals surface area contributed by atoms with Crippen molar-refractivity contribution in [1.29, 1.82) is 0 Å². The van der Waals surface area contributed by atoms with Crippen molar-refractivity contribution < 1.29 is 9.59 Å². The molecule has 0 unspecified atom stereocenters. The molecular weight excluding hydrogens is 373 g/mol. The molecule has 8 heteroatoms. The molecule has 0 bridgehead atoms. The molecule has 0 aliphatic heterocycles. The van der Waals surface area contributed by atoms with Gasteiger partial charge in [0.2, 0.25) is 11.8 Å². The van der Waals surface area contributed by atoms with Crippen molar-refractivity contribution in [3.05, 3.63) is 51.5 Å². The van der Waals surface area contributed by atoms with Crippen LogP contribution in [0.25, 0.3) is 0 Å². The second-order valence-corrected chi connectivity index (χ2v) is 6.13. The zero-order valence-corrected chi connectivity index (χ0v) is 14.9. The summed E-state index contributed by atoms with van der Waals surface area (Å²) in [7, 11) is 0. The van der Waals surface area contributed by atoms with Crippen LogP contribution in [-0.4, -0.2) is 18.4 Å². The van der Waals surface area contributed by atoms with Gasteiger partial charge in [0.05, 0.1) is 27.3 Å². The van der Waals surface area contributed by atoms with Gasteiger partial charge >= 0.3 is 0 Å². The smallest absolute Gasteiger partial charge is 0.243 e. The Morgan fingerprint density at radius 3 is 2.21 bits per heavy atom. The third-order valence-electron chi connectivity index (χ3n) is 2.92. The first kappa shape index (κ1) is 18.4. The van der Waals surface area contributed by atoms with E-state index in [4.69, 9.17) is 34.8 Å². The molecule has 2 rings (SSSR count). The van der Waals surface area contributed by atoms with Gasteiger partial charge < -0.3 is 16.0 Å². The molecule has 3 N–H and O–H groups in total. The lowest BCUT2D eigenvalue weighted by molar-refractivity contribution is -0.115. The predicted octanol–water partition coefficient (Wildman–Crippen LogP) is 4.66. The monoisotopic (exact) mass is 385 g/mol. The minimum Gasteiger partial charge on any atom is -0.375 e. The van der Waals surface area contributed by atoms with Gasteiger partial charge in [-0.05, 0) is 30.3 Å². The molecule has 0 atom stereocenters. The van der Waals surface area contributed by atoms with Gasteiger partial charge in [-0.2, -0.15) is 0 Å².